The molecular weight excluding hydrogens is 330 g/mol. The van der Waals surface area contributed by atoms with Crippen LogP contribution < -0.4 is 15.2 Å². The molecule has 0 atom stereocenters. The first-order valence-electron chi connectivity index (χ1n) is 7.19. The van der Waals surface area contributed by atoms with Gasteiger partial charge in [-0.25, -0.2) is 0 Å². The molecular formula is C18H14ClNO4. The standard InChI is InChI=1S/C18H14ClNO4/c1-10-5-13(23-9-16(20)21)8-14-17(10)18(22)15(24-14)7-11-3-2-4-12(19)6-11/h2-8H,9H2,1H3,(H2,20,21)/b15-7-. The molecule has 6 heteroatoms. The van der Waals surface area contributed by atoms with Crippen LogP contribution in [0.25, 0.3) is 6.08 Å². The van der Waals surface area contributed by atoms with E-state index in [0.717, 1.165) is 5.56 Å². The molecule has 24 heavy (non-hydrogen) atoms. The van der Waals surface area contributed by atoms with E-state index in [0.29, 0.717) is 27.6 Å². The largest absolute Gasteiger partial charge is 0.484 e. The fourth-order valence-corrected chi connectivity index (χ4v) is 2.66. The van der Waals surface area contributed by atoms with Crippen molar-refractivity contribution in [3.63, 3.8) is 0 Å². The lowest BCUT2D eigenvalue weighted by molar-refractivity contribution is -0.119. The zero-order valence-electron chi connectivity index (χ0n) is 12.8. The van der Waals surface area contributed by atoms with Gasteiger partial charge >= 0.3 is 0 Å². The molecule has 2 N–H and O–H groups in total. The van der Waals surface area contributed by atoms with E-state index in [9.17, 15) is 9.59 Å². The number of allylic oxidation sites excluding steroid dienone is 1. The smallest absolute Gasteiger partial charge is 0.255 e. The minimum absolute atomic E-state index is 0.205. The van der Waals surface area contributed by atoms with Gasteiger partial charge in [0.1, 0.15) is 11.5 Å². The molecule has 1 aliphatic rings. The Hall–Kier alpha value is -2.79. The number of ether oxygens (including phenoxy) is 2. The number of nitrogens with two attached hydrogens (primary N) is 1. The van der Waals surface area contributed by atoms with E-state index in [4.69, 9.17) is 26.8 Å². The Labute approximate surface area is 143 Å². The van der Waals surface area contributed by atoms with Crippen molar-refractivity contribution in [3.8, 4) is 11.5 Å². The number of halogens is 1. The number of amides is 1. The Morgan fingerprint density at radius 3 is 2.83 bits per heavy atom. The summed E-state index contributed by atoms with van der Waals surface area (Å²) < 4.78 is 10.9. The van der Waals surface area contributed by atoms with Gasteiger partial charge in [-0.15, -0.1) is 0 Å². The number of carbonyl (C=O) groups excluding carboxylic acids is 2. The second-order valence-corrected chi connectivity index (χ2v) is 5.80. The topological polar surface area (TPSA) is 78.6 Å². The highest BCUT2D eigenvalue weighted by molar-refractivity contribution is 6.30. The molecule has 0 unspecified atom stereocenters. The maximum atomic E-state index is 12.5. The molecule has 0 aliphatic carbocycles. The van der Waals surface area contributed by atoms with Gasteiger partial charge in [-0.05, 0) is 42.3 Å². The van der Waals surface area contributed by atoms with E-state index in [1.165, 1.54) is 0 Å². The first-order chi connectivity index (χ1) is 11.4. The molecule has 2 aromatic rings. The number of hydrogen-bond acceptors (Lipinski definition) is 4. The Morgan fingerprint density at radius 1 is 1.33 bits per heavy atom. The summed E-state index contributed by atoms with van der Waals surface area (Å²) in [6, 6.07) is 10.4. The van der Waals surface area contributed by atoms with Crippen molar-refractivity contribution in [1.82, 2.24) is 0 Å². The Kier molecular flexibility index (Phi) is 4.27. The molecule has 0 spiro atoms. The first kappa shape index (κ1) is 16.1. The van der Waals surface area contributed by atoms with Crippen LogP contribution in [0, 0.1) is 6.92 Å². The molecule has 0 fully saturated rings. The molecule has 1 amide bonds. The normalized spacial score (nSPS) is 14.4. The van der Waals surface area contributed by atoms with E-state index in [1.54, 1.807) is 43.3 Å². The summed E-state index contributed by atoms with van der Waals surface area (Å²) in [7, 11) is 0. The lowest BCUT2D eigenvalue weighted by Gasteiger charge is -2.07. The van der Waals surface area contributed by atoms with Crippen molar-refractivity contribution in [2.24, 2.45) is 5.73 Å². The second-order valence-electron chi connectivity index (χ2n) is 5.36. The average molecular weight is 344 g/mol. The van der Waals surface area contributed by atoms with Crippen LogP contribution in [-0.4, -0.2) is 18.3 Å². The molecule has 1 heterocycles. The van der Waals surface area contributed by atoms with E-state index in [1.807, 2.05) is 6.07 Å². The number of benzene rings is 2. The fourth-order valence-electron chi connectivity index (χ4n) is 2.46. The number of rotatable bonds is 4. The lowest BCUT2D eigenvalue weighted by atomic mass is 10.0. The third kappa shape index (κ3) is 3.26. The van der Waals surface area contributed by atoms with Crippen LogP contribution >= 0.6 is 11.6 Å². The average Bonchev–Trinajstić information content (AvgIpc) is 2.82. The zero-order valence-corrected chi connectivity index (χ0v) is 13.6. The van der Waals surface area contributed by atoms with E-state index >= 15 is 0 Å². The highest BCUT2D eigenvalue weighted by Crippen LogP contribution is 2.37. The molecule has 0 radical (unpaired) electrons. The summed E-state index contributed by atoms with van der Waals surface area (Å²) in [6.45, 7) is 1.54. The maximum Gasteiger partial charge on any atom is 0.255 e. The van der Waals surface area contributed by atoms with Crippen LogP contribution in [0.5, 0.6) is 11.5 Å². The maximum absolute atomic E-state index is 12.5. The summed E-state index contributed by atoms with van der Waals surface area (Å²) in [4.78, 5) is 23.4. The van der Waals surface area contributed by atoms with Gasteiger partial charge < -0.3 is 15.2 Å². The number of hydrogen-bond donors (Lipinski definition) is 1. The molecule has 0 saturated carbocycles. The van der Waals surface area contributed by atoms with Crippen molar-refractivity contribution in [2.75, 3.05) is 6.61 Å². The highest BCUT2D eigenvalue weighted by atomic mass is 35.5. The molecule has 1 aliphatic heterocycles. The number of Topliss-reactive ketones (excluding diaryl/α,β-unsaturated/α-hetero) is 1. The summed E-state index contributed by atoms with van der Waals surface area (Å²) in [5.41, 5.74) is 7.01. The van der Waals surface area contributed by atoms with Gasteiger partial charge in [-0.1, -0.05) is 23.7 Å². The summed E-state index contributed by atoms with van der Waals surface area (Å²) >= 11 is 5.95. The number of carbonyl (C=O) groups is 2. The van der Waals surface area contributed by atoms with Crippen molar-refractivity contribution in [2.45, 2.75) is 6.92 Å². The van der Waals surface area contributed by atoms with Crippen LogP contribution in [0.2, 0.25) is 5.02 Å². The van der Waals surface area contributed by atoms with Gasteiger partial charge in [-0.3, -0.25) is 9.59 Å². The van der Waals surface area contributed by atoms with Gasteiger partial charge in [-0.2, -0.15) is 0 Å². The minimum Gasteiger partial charge on any atom is -0.484 e. The third-order valence-electron chi connectivity index (χ3n) is 3.47. The quantitative estimate of drug-likeness (QED) is 0.865. The third-order valence-corrected chi connectivity index (χ3v) is 3.71. The predicted octanol–water partition coefficient (Wildman–Crippen LogP) is 3.13. The second kappa shape index (κ2) is 6.37. The van der Waals surface area contributed by atoms with E-state index < -0.39 is 5.91 Å². The van der Waals surface area contributed by atoms with Crippen LogP contribution in [0.1, 0.15) is 21.5 Å². The van der Waals surface area contributed by atoms with Gasteiger partial charge in [0.2, 0.25) is 5.78 Å². The molecule has 122 valence electrons. The number of fused-ring (bicyclic) bond motifs is 1. The van der Waals surface area contributed by atoms with Crippen LogP contribution in [-0.2, 0) is 4.79 Å². The molecule has 3 rings (SSSR count). The monoisotopic (exact) mass is 343 g/mol. The summed E-state index contributed by atoms with van der Waals surface area (Å²) in [5, 5.41) is 0.575. The van der Waals surface area contributed by atoms with Crippen LogP contribution in [0.4, 0.5) is 0 Å². The van der Waals surface area contributed by atoms with E-state index in [-0.39, 0.29) is 18.1 Å². The molecule has 5 nitrogen and oxygen atoms in total. The predicted molar refractivity (Wildman–Crippen MR) is 90.3 cm³/mol. The van der Waals surface area contributed by atoms with E-state index in [2.05, 4.69) is 0 Å². The Balaban J connectivity index is 1.92. The number of primary amides is 1. The van der Waals surface area contributed by atoms with Gasteiger partial charge in [0.25, 0.3) is 5.91 Å². The summed E-state index contributed by atoms with van der Waals surface area (Å²) in [5.74, 6) is 0.243. The Morgan fingerprint density at radius 2 is 2.12 bits per heavy atom. The van der Waals surface area contributed by atoms with Crippen LogP contribution in [0.3, 0.4) is 0 Å². The van der Waals surface area contributed by atoms with Crippen molar-refractivity contribution >= 4 is 29.4 Å². The van der Waals surface area contributed by atoms with Crippen molar-refractivity contribution in [3.05, 3.63) is 63.9 Å². The van der Waals surface area contributed by atoms with Crippen molar-refractivity contribution in [1.29, 1.82) is 0 Å². The number of aryl methyl sites for hydroxylation is 1. The van der Waals surface area contributed by atoms with Crippen LogP contribution in [0.15, 0.2) is 42.2 Å². The first-order valence-corrected chi connectivity index (χ1v) is 7.57. The van der Waals surface area contributed by atoms with Crippen molar-refractivity contribution < 1.29 is 19.1 Å². The highest BCUT2D eigenvalue weighted by Gasteiger charge is 2.30. The molecule has 0 saturated heterocycles. The Bertz CT molecular complexity index is 873. The van der Waals surface area contributed by atoms with Gasteiger partial charge in [0, 0.05) is 11.1 Å². The molecule has 0 bridgehead atoms. The van der Waals surface area contributed by atoms with Gasteiger partial charge in [0.15, 0.2) is 12.4 Å². The fraction of sp³-hybridized carbons (Fsp3) is 0.111. The SMILES string of the molecule is Cc1cc(OCC(N)=O)cc2c1C(=O)/C(=C/c1cccc(Cl)c1)O2. The number of ketones is 1. The zero-order chi connectivity index (χ0) is 17.3. The summed E-state index contributed by atoms with van der Waals surface area (Å²) in [6.07, 6.45) is 1.64. The molecule has 0 aromatic heterocycles. The van der Waals surface area contributed by atoms with Gasteiger partial charge in [0.05, 0.1) is 5.56 Å². The minimum atomic E-state index is -0.577. The lowest BCUT2D eigenvalue weighted by Crippen LogP contribution is -2.20. The molecule has 2 aromatic carbocycles.